The molecule has 6 rings (SSSR count). The number of nitrogens with one attached hydrogen (secondary N) is 2. The number of tetrazole rings is 1. The fourth-order valence-corrected chi connectivity index (χ4v) is 5.85. The lowest BCUT2D eigenvalue weighted by Crippen LogP contribution is -2.40. The zero-order valence-corrected chi connectivity index (χ0v) is 18.5. The summed E-state index contributed by atoms with van der Waals surface area (Å²) in [5.74, 6) is 0.543. The summed E-state index contributed by atoms with van der Waals surface area (Å²) < 4.78 is 6.13. The van der Waals surface area contributed by atoms with Gasteiger partial charge in [-0.2, -0.15) is 9.78 Å². The third-order valence-corrected chi connectivity index (χ3v) is 7.27. The molecule has 0 bridgehead atoms. The van der Waals surface area contributed by atoms with Crippen molar-refractivity contribution in [2.24, 2.45) is 7.05 Å². The standard InChI is InChI=1S/C19H19N9OS2/c1-9-7-10(3-5-20-9)29-19-24-18-17(31-19)23-16(30-18)14-13-11(4-6-21-13)12(8-22-14)15-25-27-28(2)26-15/h4,6,8-10,20-21H,3,5,7H2,1-2H3/t9-,10+/m1/s1. The Morgan fingerprint density at radius 3 is 2.94 bits per heavy atom. The normalized spacial score (nSPS) is 19.4. The number of hydrogen-bond donors (Lipinski definition) is 2. The summed E-state index contributed by atoms with van der Waals surface area (Å²) in [5, 5.41) is 18.3. The third-order valence-electron chi connectivity index (χ3n) is 5.35. The van der Waals surface area contributed by atoms with E-state index in [9.17, 15) is 0 Å². The van der Waals surface area contributed by atoms with Crippen molar-refractivity contribution in [3.8, 4) is 27.3 Å². The Kier molecular flexibility index (Phi) is 4.44. The Bertz CT molecular complexity index is 1350. The molecule has 10 nitrogen and oxygen atoms in total. The van der Waals surface area contributed by atoms with E-state index in [0.29, 0.717) is 17.1 Å². The van der Waals surface area contributed by atoms with Crippen LogP contribution in [0.25, 0.3) is 42.7 Å². The molecular formula is C19H19N9OS2. The van der Waals surface area contributed by atoms with Crippen molar-refractivity contribution in [3.63, 3.8) is 0 Å². The molecule has 1 aliphatic heterocycles. The second kappa shape index (κ2) is 7.32. The number of thiazole rings is 2. The molecule has 6 heterocycles. The lowest BCUT2D eigenvalue weighted by Gasteiger charge is -2.27. The Morgan fingerprint density at radius 1 is 1.23 bits per heavy atom. The molecule has 1 saturated heterocycles. The van der Waals surface area contributed by atoms with Crippen LogP contribution >= 0.6 is 22.7 Å². The van der Waals surface area contributed by atoms with Crippen LogP contribution in [0.3, 0.4) is 0 Å². The number of H-pyrrole nitrogens is 1. The fourth-order valence-electron chi connectivity index (χ4n) is 3.90. The van der Waals surface area contributed by atoms with E-state index in [4.69, 9.17) is 9.72 Å². The van der Waals surface area contributed by atoms with Gasteiger partial charge in [0, 0.05) is 23.8 Å². The van der Waals surface area contributed by atoms with Crippen LogP contribution in [0.5, 0.6) is 5.19 Å². The average molecular weight is 454 g/mol. The van der Waals surface area contributed by atoms with Crippen molar-refractivity contribution in [1.82, 2.24) is 45.5 Å². The molecule has 0 aliphatic carbocycles. The second-order valence-electron chi connectivity index (χ2n) is 7.62. The van der Waals surface area contributed by atoms with Crippen molar-refractivity contribution >= 4 is 43.2 Å². The first-order chi connectivity index (χ1) is 15.1. The third kappa shape index (κ3) is 3.36. The number of piperidine rings is 1. The highest BCUT2D eigenvalue weighted by atomic mass is 32.1. The summed E-state index contributed by atoms with van der Waals surface area (Å²) >= 11 is 3.02. The van der Waals surface area contributed by atoms with Crippen molar-refractivity contribution in [2.75, 3.05) is 6.54 Å². The minimum Gasteiger partial charge on any atom is -0.467 e. The summed E-state index contributed by atoms with van der Waals surface area (Å²) in [6.45, 7) is 3.16. The van der Waals surface area contributed by atoms with Gasteiger partial charge in [0.25, 0.3) is 5.19 Å². The highest BCUT2D eigenvalue weighted by Gasteiger charge is 2.23. The predicted octanol–water partition coefficient (Wildman–Crippen LogP) is 3.01. The number of aryl methyl sites for hydroxylation is 1. The number of nitrogens with zero attached hydrogens (tertiary/aromatic N) is 7. The zero-order valence-electron chi connectivity index (χ0n) is 16.9. The summed E-state index contributed by atoms with van der Waals surface area (Å²) in [6.07, 6.45) is 5.86. The fraction of sp³-hybridized carbons (Fsp3) is 0.368. The predicted molar refractivity (Wildman–Crippen MR) is 119 cm³/mol. The monoisotopic (exact) mass is 453 g/mol. The van der Waals surface area contributed by atoms with Gasteiger partial charge in [-0.1, -0.05) is 22.7 Å². The maximum Gasteiger partial charge on any atom is 0.276 e. The van der Waals surface area contributed by atoms with Gasteiger partial charge in [-0.3, -0.25) is 4.98 Å². The van der Waals surface area contributed by atoms with E-state index in [1.54, 1.807) is 13.2 Å². The van der Waals surface area contributed by atoms with E-state index >= 15 is 0 Å². The first-order valence-electron chi connectivity index (χ1n) is 10.0. The van der Waals surface area contributed by atoms with Crippen molar-refractivity contribution in [3.05, 3.63) is 18.5 Å². The van der Waals surface area contributed by atoms with Gasteiger partial charge in [0.05, 0.1) is 18.1 Å². The Labute approximate surface area is 184 Å². The van der Waals surface area contributed by atoms with E-state index in [2.05, 4.69) is 42.6 Å². The van der Waals surface area contributed by atoms with Gasteiger partial charge in [-0.05, 0) is 37.6 Å². The van der Waals surface area contributed by atoms with Gasteiger partial charge in [-0.25, -0.2) is 4.98 Å². The summed E-state index contributed by atoms with van der Waals surface area (Å²) in [7, 11) is 1.74. The second-order valence-corrected chi connectivity index (χ2v) is 9.54. The summed E-state index contributed by atoms with van der Waals surface area (Å²) in [6, 6.07) is 2.46. The molecule has 0 unspecified atom stereocenters. The number of aromatic amines is 1. The smallest absolute Gasteiger partial charge is 0.276 e. The maximum atomic E-state index is 6.13. The highest BCUT2D eigenvalue weighted by Crippen LogP contribution is 2.39. The first kappa shape index (κ1) is 18.8. The minimum absolute atomic E-state index is 0.207. The topological polar surface area (TPSA) is 119 Å². The number of aromatic nitrogens is 8. The molecule has 2 N–H and O–H groups in total. The van der Waals surface area contributed by atoms with Crippen LogP contribution in [0.2, 0.25) is 0 Å². The maximum absolute atomic E-state index is 6.13. The lowest BCUT2D eigenvalue weighted by molar-refractivity contribution is 0.144. The van der Waals surface area contributed by atoms with Gasteiger partial charge < -0.3 is 15.0 Å². The van der Waals surface area contributed by atoms with E-state index in [0.717, 1.165) is 56.2 Å². The Hall–Kier alpha value is -2.96. The van der Waals surface area contributed by atoms with Crippen LogP contribution in [0.1, 0.15) is 19.8 Å². The van der Waals surface area contributed by atoms with Crippen molar-refractivity contribution in [1.29, 1.82) is 0 Å². The van der Waals surface area contributed by atoms with Crippen LogP contribution < -0.4 is 10.1 Å². The average Bonchev–Trinajstić information content (AvgIpc) is 3.50. The number of fused-ring (bicyclic) bond motifs is 2. The Balaban J connectivity index is 1.32. The highest BCUT2D eigenvalue weighted by molar-refractivity contribution is 7.28. The minimum atomic E-state index is 0.207. The molecule has 1 fully saturated rings. The van der Waals surface area contributed by atoms with E-state index in [-0.39, 0.29) is 6.10 Å². The molecule has 2 atom stereocenters. The SMILES string of the molecule is C[C@@H]1C[C@@H](Oc2nc3sc(-c4ncc(-c5nnn(C)n5)c5cc[nH]c45)nc3s2)CCN1. The molecule has 158 valence electrons. The van der Waals surface area contributed by atoms with Gasteiger partial charge in [0.2, 0.25) is 5.82 Å². The van der Waals surface area contributed by atoms with Gasteiger partial charge >= 0.3 is 0 Å². The van der Waals surface area contributed by atoms with Gasteiger partial charge in [0.1, 0.15) is 16.8 Å². The van der Waals surface area contributed by atoms with E-state index < -0.39 is 0 Å². The van der Waals surface area contributed by atoms with Crippen LogP contribution in [0.4, 0.5) is 0 Å². The number of pyridine rings is 1. The van der Waals surface area contributed by atoms with Crippen LogP contribution in [0, 0.1) is 0 Å². The molecule has 0 saturated carbocycles. The molecule has 5 aromatic rings. The van der Waals surface area contributed by atoms with E-state index in [1.807, 2.05) is 12.3 Å². The molecule has 12 heteroatoms. The zero-order chi connectivity index (χ0) is 20.9. The number of ether oxygens (including phenoxy) is 1. The van der Waals surface area contributed by atoms with Crippen LogP contribution in [0.15, 0.2) is 18.5 Å². The molecule has 31 heavy (non-hydrogen) atoms. The molecule has 0 amide bonds. The molecule has 0 radical (unpaired) electrons. The van der Waals surface area contributed by atoms with Crippen molar-refractivity contribution < 1.29 is 4.74 Å². The van der Waals surface area contributed by atoms with Crippen molar-refractivity contribution in [2.45, 2.75) is 31.9 Å². The quantitative estimate of drug-likeness (QED) is 0.426. The molecule has 5 aromatic heterocycles. The number of hydrogen-bond acceptors (Lipinski definition) is 10. The van der Waals surface area contributed by atoms with Gasteiger partial charge in [-0.15, -0.1) is 10.2 Å². The lowest BCUT2D eigenvalue weighted by atomic mass is 10.0. The molecule has 0 spiro atoms. The summed E-state index contributed by atoms with van der Waals surface area (Å²) in [5.41, 5.74) is 2.51. The molecule has 1 aliphatic rings. The molecule has 0 aromatic carbocycles. The largest absolute Gasteiger partial charge is 0.467 e. The summed E-state index contributed by atoms with van der Waals surface area (Å²) in [4.78, 5) is 20.6. The first-order valence-corrected chi connectivity index (χ1v) is 11.7. The Morgan fingerprint density at radius 2 is 2.13 bits per heavy atom. The van der Waals surface area contributed by atoms with Gasteiger partial charge in [0.15, 0.2) is 9.66 Å². The van der Waals surface area contributed by atoms with Crippen LogP contribution in [-0.4, -0.2) is 58.8 Å². The van der Waals surface area contributed by atoms with E-state index in [1.165, 1.54) is 27.5 Å². The van der Waals surface area contributed by atoms with Crippen LogP contribution in [-0.2, 0) is 7.05 Å². The number of rotatable bonds is 4. The molecular weight excluding hydrogens is 434 g/mol.